The second kappa shape index (κ2) is 13.3. The van der Waals surface area contributed by atoms with Gasteiger partial charge >= 0.3 is 0 Å². The van der Waals surface area contributed by atoms with E-state index in [1.165, 1.54) is 116 Å². The van der Waals surface area contributed by atoms with Crippen LogP contribution in [0.15, 0.2) is 91.0 Å². The van der Waals surface area contributed by atoms with Gasteiger partial charge in [-0.2, -0.15) is 0 Å². The number of anilines is 3. The Morgan fingerprint density at radius 2 is 0.625 bits per heavy atom. The summed E-state index contributed by atoms with van der Waals surface area (Å²) >= 11 is 21.6. The average Bonchev–Trinajstić information content (AvgIpc) is 3.12. The topological polar surface area (TPSA) is 6.48 Å². The van der Waals surface area contributed by atoms with Gasteiger partial charge in [0.25, 0.3) is 0 Å². The molecule has 0 spiro atoms. The molecule has 56 heavy (non-hydrogen) atoms. The van der Waals surface area contributed by atoms with Crippen molar-refractivity contribution in [2.45, 2.75) is 55.4 Å². The predicted molar refractivity (Wildman–Crippen MR) is 261 cm³/mol. The van der Waals surface area contributed by atoms with E-state index in [4.69, 9.17) is 35.4 Å². The van der Waals surface area contributed by atoms with Crippen molar-refractivity contribution in [1.82, 2.24) is 4.67 Å². The van der Waals surface area contributed by atoms with E-state index in [9.17, 15) is 0 Å². The molecule has 284 valence electrons. The van der Waals surface area contributed by atoms with E-state index in [2.05, 4.69) is 169 Å². The Bertz CT molecular complexity index is 2670. The van der Waals surface area contributed by atoms with E-state index >= 15 is 0 Å². The van der Waals surface area contributed by atoms with Gasteiger partial charge in [-0.3, -0.25) is 4.67 Å². The minimum Gasteiger partial charge on any atom is -0.306 e. The summed E-state index contributed by atoms with van der Waals surface area (Å²) in [4.78, 5) is 2.62. The second-order valence-corrected chi connectivity index (χ2v) is 30.9. The molecule has 0 radical (unpaired) electrons. The first kappa shape index (κ1) is 38.5. The Labute approximate surface area is 349 Å². The summed E-state index contributed by atoms with van der Waals surface area (Å²) in [6, 6.07) is 30.7. The number of benzene rings is 6. The zero-order valence-corrected chi connectivity index (χ0v) is 39.2. The molecule has 2 atom stereocenters. The summed E-state index contributed by atoms with van der Waals surface area (Å²) in [5.41, 5.74) is 18.6. The highest BCUT2D eigenvalue weighted by Gasteiger charge is 2.51. The van der Waals surface area contributed by atoms with E-state index in [0.29, 0.717) is 0 Å². The largest absolute Gasteiger partial charge is 0.306 e. The van der Waals surface area contributed by atoms with Crippen LogP contribution in [-0.2, 0) is 35.4 Å². The molecule has 0 saturated heterocycles. The highest BCUT2D eigenvalue weighted by atomic mass is 32.4. The van der Waals surface area contributed by atoms with Crippen molar-refractivity contribution >= 4 is 103 Å². The lowest BCUT2D eigenvalue weighted by Crippen LogP contribution is -2.51. The highest BCUT2D eigenvalue weighted by Crippen LogP contribution is 2.66. The minimum atomic E-state index is -2.61. The molecule has 0 N–H and O–H groups in total. The molecule has 2 unspecified atom stereocenters. The van der Waals surface area contributed by atoms with Gasteiger partial charge in [-0.1, -0.05) is 137 Å². The van der Waals surface area contributed by atoms with Crippen molar-refractivity contribution in [2.24, 2.45) is 0 Å². The fourth-order valence-electron chi connectivity index (χ4n) is 9.84. The van der Waals surface area contributed by atoms with Gasteiger partial charge < -0.3 is 4.90 Å². The summed E-state index contributed by atoms with van der Waals surface area (Å²) in [7, 11) is 0. The third kappa shape index (κ3) is 5.60. The summed E-state index contributed by atoms with van der Waals surface area (Å²) in [6.07, 6.45) is -2.61. The van der Waals surface area contributed by atoms with Crippen molar-refractivity contribution in [3.05, 3.63) is 124 Å². The quantitative estimate of drug-likeness (QED) is 0.154. The van der Waals surface area contributed by atoms with Crippen LogP contribution in [0.25, 0.3) is 33.4 Å². The molecule has 3 heterocycles. The summed E-state index contributed by atoms with van der Waals surface area (Å²) < 4.78 is 2.61. The van der Waals surface area contributed by atoms with E-state index in [1.807, 2.05) is 0 Å². The lowest BCUT2D eigenvalue weighted by molar-refractivity contribution is 0.513. The molecule has 0 amide bonds. The van der Waals surface area contributed by atoms with Gasteiger partial charge in [-0.25, -0.2) is 0 Å². The summed E-state index contributed by atoms with van der Waals surface area (Å²) in [6.45, 7) is 24.2. The van der Waals surface area contributed by atoms with Crippen LogP contribution in [0.2, 0.25) is 0 Å². The lowest BCUT2D eigenvalue weighted by atomic mass is 9.98. The zero-order valence-electron chi connectivity index (χ0n) is 34.0. The molecule has 0 bridgehead atoms. The van der Waals surface area contributed by atoms with Gasteiger partial charge in [0.1, 0.15) is 0 Å². The molecule has 0 aliphatic carbocycles. The van der Waals surface area contributed by atoms with E-state index in [0.717, 1.165) is 13.1 Å². The van der Waals surface area contributed by atoms with Crippen LogP contribution in [0.5, 0.6) is 0 Å². The Morgan fingerprint density at radius 1 is 0.393 bits per heavy atom. The van der Waals surface area contributed by atoms with Crippen LogP contribution >= 0.6 is 18.3 Å². The molecular formula is C48H49N2P3S3. The van der Waals surface area contributed by atoms with Crippen LogP contribution in [0.1, 0.15) is 47.2 Å². The van der Waals surface area contributed by atoms with Crippen molar-refractivity contribution in [3.8, 4) is 33.4 Å². The average molecular weight is 843 g/mol. The van der Waals surface area contributed by atoms with Crippen molar-refractivity contribution in [3.63, 3.8) is 0 Å². The van der Waals surface area contributed by atoms with Gasteiger partial charge in [-0.15, -0.1) is 0 Å². The number of aryl methyl sites for hydroxylation is 6. The van der Waals surface area contributed by atoms with Crippen LogP contribution in [0.3, 0.4) is 0 Å². The SMILES string of the molecule is CCN(CC)P1(=S)c2cc(-c3cc(C)cc(C)c3)cc3c2N2c4c(cc(-c5cc(C)cc(C)c5)cc4P(C)(=S)c4cc(-c5cc(C)cc(C)c5)cc1c42)P3(C)=S. The van der Waals surface area contributed by atoms with Gasteiger partial charge in [0.15, 0.2) is 0 Å². The van der Waals surface area contributed by atoms with Crippen LogP contribution in [0.4, 0.5) is 17.1 Å². The molecule has 8 heteroatoms. The fraction of sp³-hybridized carbons (Fsp3) is 0.250. The highest BCUT2D eigenvalue weighted by molar-refractivity contribution is 8.24. The van der Waals surface area contributed by atoms with Gasteiger partial charge in [0, 0.05) is 57.0 Å². The predicted octanol–water partition coefficient (Wildman–Crippen LogP) is 10.8. The maximum Gasteiger partial charge on any atom is 0.0752 e. The van der Waals surface area contributed by atoms with E-state index in [-0.39, 0.29) is 0 Å². The van der Waals surface area contributed by atoms with Crippen LogP contribution in [0, 0.1) is 41.5 Å². The molecule has 9 rings (SSSR count). The van der Waals surface area contributed by atoms with Crippen LogP contribution in [-0.4, -0.2) is 31.1 Å². The lowest BCUT2D eigenvalue weighted by Gasteiger charge is -2.53. The maximum atomic E-state index is 7.39. The molecule has 6 aromatic rings. The third-order valence-corrected chi connectivity index (χ3v) is 24.8. The molecule has 2 nitrogen and oxygen atoms in total. The maximum absolute atomic E-state index is 7.39. The fourth-order valence-corrected chi connectivity index (χ4v) is 21.2. The Kier molecular flexibility index (Phi) is 9.14. The first-order valence-corrected chi connectivity index (χ1v) is 28.9. The second-order valence-electron chi connectivity index (χ2n) is 16.6. The zero-order chi connectivity index (χ0) is 39.8. The van der Waals surface area contributed by atoms with Crippen molar-refractivity contribution in [1.29, 1.82) is 0 Å². The normalized spacial score (nSPS) is 21.4. The summed E-state index contributed by atoms with van der Waals surface area (Å²) in [5, 5.41) is 7.65. The molecule has 3 aliphatic heterocycles. The number of hydrogen-bond donors (Lipinski definition) is 0. The molecular weight excluding hydrogens is 794 g/mol. The first-order valence-electron chi connectivity index (χ1n) is 19.6. The number of rotatable bonds is 6. The molecule has 0 aromatic heterocycles. The smallest absolute Gasteiger partial charge is 0.0752 e. The minimum absolute atomic E-state index is 0.862. The van der Waals surface area contributed by atoms with Gasteiger partial charge in [-0.05, 0) is 125 Å². The number of nitrogens with zero attached hydrogens (tertiary/aromatic N) is 2. The Hall–Kier alpha value is -2.97. The van der Waals surface area contributed by atoms with E-state index in [1.54, 1.807) is 0 Å². The monoisotopic (exact) mass is 842 g/mol. The van der Waals surface area contributed by atoms with E-state index < -0.39 is 18.3 Å². The molecule has 0 fully saturated rings. The Balaban J connectivity index is 1.49. The molecule has 3 aliphatic rings. The third-order valence-electron chi connectivity index (χ3n) is 12.2. The summed E-state index contributed by atoms with van der Waals surface area (Å²) in [5.74, 6) is 0. The number of hydrogen-bond acceptors (Lipinski definition) is 4. The van der Waals surface area contributed by atoms with Crippen LogP contribution < -0.4 is 36.7 Å². The standard InChI is InChI=1S/C48H49N2P3S3/c1-11-49(12-2)53(56)44-26-38(35-18-30(5)14-31(6)19-35)24-42-47(44)50-46-40(51(42,9)54)22-37(34-16-28(3)13-29(4)17-34)23-41(46)52(10,55)43-25-39(27-45(53)48(43)50)36-20-32(7)15-33(8)21-36/h13-27H,11-12H2,1-10H3. The van der Waals surface area contributed by atoms with Gasteiger partial charge in [0.05, 0.1) is 23.3 Å². The van der Waals surface area contributed by atoms with Crippen molar-refractivity contribution < 1.29 is 0 Å². The van der Waals surface area contributed by atoms with Crippen molar-refractivity contribution in [2.75, 3.05) is 31.3 Å². The first-order chi connectivity index (χ1) is 26.5. The molecule has 6 aromatic carbocycles. The van der Waals surface area contributed by atoms with Gasteiger partial charge in [0.2, 0.25) is 0 Å². The Morgan fingerprint density at radius 3 is 0.893 bits per heavy atom. The molecule has 0 saturated carbocycles.